The van der Waals surface area contributed by atoms with E-state index in [1.54, 1.807) is 67.0 Å². The maximum Gasteiger partial charge on any atom is 0.322 e. The number of pyridine rings is 2. The van der Waals surface area contributed by atoms with Crippen LogP contribution in [0.2, 0.25) is 0 Å². The molecule has 1 amide bonds. The molecule has 0 spiro atoms. The first kappa shape index (κ1) is 29.1. The maximum absolute atomic E-state index is 12.9. The number of carbonyl (C=O) groups is 2. The van der Waals surface area contributed by atoms with Gasteiger partial charge in [0.05, 0.1) is 21.7 Å². The van der Waals surface area contributed by atoms with E-state index in [1.165, 1.54) is 12.1 Å². The molecule has 11 heteroatoms. The zero-order valence-electron chi connectivity index (χ0n) is 22.6. The molecule has 2 aromatic heterocycles. The third kappa shape index (κ3) is 6.91. The number of amides is 1. The number of nitrogens with two attached hydrogens (primary N) is 1. The number of hydrazine groups is 1. The summed E-state index contributed by atoms with van der Waals surface area (Å²) in [6, 6.07) is 24.0. The number of nitrogens with one attached hydrogen (secondary N) is 2. The minimum atomic E-state index is -4.08. The molecule has 0 saturated heterocycles. The highest BCUT2D eigenvalue weighted by Crippen LogP contribution is 2.24. The maximum atomic E-state index is 12.9. The minimum absolute atomic E-state index is 0.0103. The van der Waals surface area contributed by atoms with Gasteiger partial charge in [0.1, 0.15) is 6.04 Å². The lowest BCUT2D eigenvalue weighted by Crippen LogP contribution is -2.42. The highest BCUT2D eigenvalue weighted by atomic mass is 32.2. The Morgan fingerprint density at radius 1 is 0.907 bits per heavy atom. The van der Waals surface area contributed by atoms with Crippen molar-refractivity contribution in [2.45, 2.75) is 17.4 Å². The van der Waals surface area contributed by atoms with Gasteiger partial charge in [-0.15, -0.1) is 0 Å². The number of sulfonamides is 1. The summed E-state index contributed by atoms with van der Waals surface area (Å²) in [4.78, 5) is 32.7. The summed E-state index contributed by atoms with van der Waals surface area (Å²) >= 11 is 0. The second kappa shape index (κ2) is 12.6. The number of aliphatic carboxylic acids is 1. The molecule has 1 unspecified atom stereocenters. The number of fused-ring (bicyclic) bond motifs is 1. The van der Waals surface area contributed by atoms with Crippen molar-refractivity contribution in [1.29, 1.82) is 0 Å². The van der Waals surface area contributed by atoms with E-state index in [-0.39, 0.29) is 11.3 Å². The number of carboxylic acid groups (broad SMARTS) is 1. The van der Waals surface area contributed by atoms with Gasteiger partial charge in [-0.05, 0) is 60.5 Å². The first-order chi connectivity index (χ1) is 20.7. The highest BCUT2D eigenvalue weighted by Gasteiger charge is 2.25. The minimum Gasteiger partial charge on any atom is -0.480 e. The van der Waals surface area contributed by atoms with Gasteiger partial charge in [-0.2, -0.15) is 4.72 Å². The fraction of sp³-hybridized carbons (Fsp3) is 0.0625. The third-order valence-corrected chi connectivity index (χ3v) is 8.05. The number of aromatic nitrogens is 2. The van der Waals surface area contributed by atoms with E-state index in [2.05, 4.69) is 32.0 Å². The Kier molecular flexibility index (Phi) is 8.54. The molecule has 0 fully saturated rings. The molecule has 5 N–H and O–H groups in total. The summed E-state index contributed by atoms with van der Waals surface area (Å²) < 4.78 is 28.0. The first-order valence-electron chi connectivity index (χ1n) is 13.0. The molecule has 10 nitrogen and oxygen atoms in total. The van der Waals surface area contributed by atoms with Crippen molar-refractivity contribution in [3.05, 3.63) is 126 Å². The Balaban J connectivity index is 1.30. The zero-order chi connectivity index (χ0) is 30.4. The lowest BCUT2D eigenvalue weighted by Gasteiger charge is -2.15. The largest absolute Gasteiger partial charge is 0.480 e. The van der Waals surface area contributed by atoms with E-state index in [9.17, 15) is 23.1 Å². The molecule has 5 aromatic rings. The molecule has 0 radical (unpaired) electrons. The average molecular weight is 592 g/mol. The Morgan fingerprint density at radius 2 is 1.56 bits per heavy atom. The van der Waals surface area contributed by atoms with Crippen molar-refractivity contribution >= 4 is 32.8 Å². The number of nitrogen functional groups attached to an aromatic ring is 1. The van der Waals surface area contributed by atoms with Gasteiger partial charge in [-0.25, -0.2) is 19.2 Å². The Morgan fingerprint density at radius 3 is 2.19 bits per heavy atom. The van der Waals surface area contributed by atoms with Crippen molar-refractivity contribution in [3.63, 3.8) is 0 Å². The third-order valence-electron chi connectivity index (χ3n) is 6.56. The van der Waals surface area contributed by atoms with Crippen LogP contribution in [0.3, 0.4) is 0 Å². The van der Waals surface area contributed by atoms with E-state index in [0.29, 0.717) is 38.9 Å². The number of hydrogen-bond acceptors (Lipinski definition) is 7. The van der Waals surface area contributed by atoms with Crippen molar-refractivity contribution in [3.8, 4) is 23.1 Å². The van der Waals surface area contributed by atoms with Crippen LogP contribution in [0.4, 0.5) is 0 Å². The quantitative estimate of drug-likeness (QED) is 0.0924. The topological polar surface area (TPSA) is 164 Å². The van der Waals surface area contributed by atoms with Crippen LogP contribution in [0.1, 0.15) is 27.0 Å². The smallest absolute Gasteiger partial charge is 0.322 e. The molecular formula is C32H25N5O5S. The highest BCUT2D eigenvalue weighted by molar-refractivity contribution is 7.89. The number of carbonyl (C=O) groups excluding carboxylic acids is 1. The molecule has 0 aliphatic heterocycles. The Hall–Kier alpha value is -5.41. The number of rotatable bonds is 8. The fourth-order valence-electron chi connectivity index (χ4n) is 4.35. The lowest BCUT2D eigenvalue weighted by atomic mass is 10.0. The summed E-state index contributed by atoms with van der Waals surface area (Å²) in [7, 11) is -4.08. The summed E-state index contributed by atoms with van der Waals surface area (Å²) in [6.07, 6.45) is 3.17. The van der Waals surface area contributed by atoms with Crippen LogP contribution in [0.15, 0.2) is 108 Å². The van der Waals surface area contributed by atoms with Crippen molar-refractivity contribution in [2.24, 2.45) is 5.84 Å². The fourth-order valence-corrected chi connectivity index (χ4v) is 5.54. The van der Waals surface area contributed by atoms with E-state index >= 15 is 0 Å². The summed E-state index contributed by atoms with van der Waals surface area (Å²) in [6.45, 7) is 0. The molecule has 43 heavy (non-hydrogen) atoms. The van der Waals surface area contributed by atoms with E-state index in [0.717, 1.165) is 5.56 Å². The summed E-state index contributed by atoms with van der Waals surface area (Å²) in [5.41, 5.74) is 6.44. The van der Waals surface area contributed by atoms with E-state index in [4.69, 9.17) is 5.84 Å². The predicted molar refractivity (Wildman–Crippen MR) is 161 cm³/mol. The van der Waals surface area contributed by atoms with Crippen LogP contribution in [0, 0.1) is 11.8 Å². The normalized spacial score (nSPS) is 11.7. The monoisotopic (exact) mass is 591 g/mol. The van der Waals surface area contributed by atoms with E-state index in [1.807, 2.05) is 24.3 Å². The molecule has 5 rings (SSSR count). The average Bonchev–Trinajstić information content (AvgIpc) is 3.03. The van der Waals surface area contributed by atoms with Gasteiger partial charge in [-0.1, -0.05) is 54.3 Å². The molecule has 214 valence electrons. The molecule has 1 atom stereocenters. The second-order valence-electron chi connectivity index (χ2n) is 9.47. The Labute approximate surface area is 247 Å². The van der Waals surface area contributed by atoms with Gasteiger partial charge < -0.3 is 5.11 Å². The van der Waals surface area contributed by atoms with Gasteiger partial charge >= 0.3 is 5.97 Å². The SMILES string of the molecule is NNC(=O)c1cc(-c2ccc(C#Cc3ccc(S(=O)(=O)NC(Cc4ccccc4)C(=O)O)cc3)cc2)nc2ccncc12. The second-order valence-corrected chi connectivity index (χ2v) is 11.2. The number of benzene rings is 3. The van der Waals surface area contributed by atoms with Crippen LogP contribution >= 0.6 is 0 Å². The molecule has 2 heterocycles. The Bertz CT molecular complexity index is 1970. The first-order valence-corrected chi connectivity index (χ1v) is 14.5. The van der Waals surface area contributed by atoms with Gasteiger partial charge in [0.2, 0.25) is 10.0 Å². The van der Waals surface area contributed by atoms with Gasteiger partial charge in [0.15, 0.2) is 0 Å². The van der Waals surface area contributed by atoms with Crippen LogP contribution in [-0.4, -0.2) is 41.4 Å². The number of nitrogens with zero attached hydrogens (tertiary/aromatic N) is 2. The zero-order valence-corrected chi connectivity index (χ0v) is 23.4. The summed E-state index contributed by atoms with van der Waals surface area (Å²) in [5.74, 6) is 9.68. The summed E-state index contributed by atoms with van der Waals surface area (Å²) in [5, 5.41) is 10.1. The standard InChI is InChI=1S/C32H25N5O5S/c33-36-31(38)26-19-29(35-28-16-17-34-20-27(26)28)24-12-8-21(9-13-24)6-7-22-10-14-25(15-11-22)43(41,42)37-30(32(39)40)18-23-4-2-1-3-5-23/h1-5,8-17,19-20,30,37H,18,33H2,(H,36,38)(H,39,40). The molecule has 0 aliphatic rings. The van der Waals surface area contributed by atoms with Gasteiger partial charge in [0, 0.05) is 34.5 Å². The lowest BCUT2D eigenvalue weighted by molar-refractivity contribution is -0.138. The number of hydrogen-bond donors (Lipinski definition) is 4. The van der Waals surface area contributed by atoms with Gasteiger partial charge in [0.25, 0.3) is 5.91 Å². The molecule has 0 saturated carbocycles. The molecular weight excluding hydrogens is 566 g/mol. The number of carboxylic acids is 1. The van der Waals surface area contributed by atoms with Crippen molar-refractivity contribution in [1.82, 2.24) is 20.1 Å². The van der Waals surface area contributed by atoms with Crippen LogP contribution < -0.4 is 16.0 Å². The van der Waals surface area contributed by atoms with Crippen LogP contribution in [0.25, 0.3) is 22.2 Å². The van der Waals surface area contributed by atoms with E-state index < -0.39 is 27.9 Å². The molecule has 0 bridgehead atoms. The van der Waals surface area contributed by atoms with Crippen molar-refractivity contribution in [2.75, 3.05) is 0 Å². The van der Waals surface area contributed by atoms with Crippen LogP contribution in [0.5, 0.6) is 0 Å². The molecule has 0 aliphatic carbocycles. The predicted octanol–water partition coefficient (Wildman–Crippen LogP) is 3.27. The van der Waals surface area contributed by atoms with Gasteiger partial charge in [-0.3, -0.25) is 20.0 Å². The van der Waals surface area contributed by atoms with Crippen molar-refractivity contribution < 1.29 is 23.1 Å². The van der Waals surface area contributed by atoms with Crippen LogP contribution in [-0.2, 0) is 21.2 Å². The molecule has 3 aromatic carbocycles.